The fourth-order valence-electron chi connectivity index (χ4n) is 1.87. The summed E-state index contributed by atoms with van der Waals surface area (Å²) in [5.74, 6) is -0.445. The molecule has 0 bridgehead atoms. The van der Waals surface area contributed by atoms with Crippen LogP contribution in [0.1, 0.15) is 33.1 Å². The Morgan fingerprint density at radius 1 is 1.29 bits per heavy atom. The van der Waals surface area contributed by atoms with Crippen LogP contribution >= 0.6 is 0 Å². The highest BCUT2D eigenvalue weighted by molar-refractivity contribution is 7.88. The Labute approximate surface area is 127 Å². The van der Waals surface area contributed by atoms with Gasteiger partial charge in [0.05, 0.1) is 13.4 Å². The molecule has 0 heterocycles. The van der Waals surface area contributed by atoms with Crippen LogP contribution in [-0.4, -0.2) is 58.2 Å². The van der Waals surface area contributed by atoms with E-state index in [0.29, 0.717) is 19.4 Å². The molecule has 0 aliphatic heterocycles. The number of carbonyl (C=O) groups is 2. The van der Waals surface area contributed by atoms with Crippen LogP contribution in [0.5, 0.6) is 0 Å². The highest BCUT2D eigenvalue weighted by atomic mass is 32.2. The number of ether oxygens (including phenoxy) is 1. The van der Waals surface area contributed by atoms with Crippen LogP contribution < -0.4 is 4.72 Å². The van der Waals surface area contributed by atoms with E-state index in [2.05, 4.69) is 9.46 Å². The number of rotatable bonds is 9. The Balaban J connectivity index is 4.59. The lowest BCUT2D eigenvalue weighted by Crippen LogP contribution is -2.47. The molecule has 0 fully saturated rings. The van der Waals surface area contributed by atoms with Gasteiger partial charge in [0.15, 0.2) is 0 Å². The Morgan fingerprint density at radius 3 is 2.29 bits per heavy atom. The van der Waals surface area contributed by atoms with Crippen molar-refractivity contribution in [3.8, 4) is 0 Å². The first kappa shape index (κ1) is 19.9. The Kier molecular flexibility index (Phi) is 8.50. The van der Waals surface area contributed by atoms with Crippen LogP contribution in [0.4, 0.5) is 0 Å². The summed E-state index contributed by atoms with van der Waals surface area (Å²) in [5.41, 5.74) is 0. The van der Waals surface area contributed by atoms with Crippen LogP contribution in [-0.2, 0) is 24.3 Å². The zero-order valence-corrected chi connectivity index (χ0v) is 14.2. The minimum absolute atomic E-state index is 0.177. The molecular weight excluding hydrogens is 296 g/mol. The Bertz CT molecular complexity index is 447. The van der Waals surface area contributed by atoms with Gasteiger partial charge in [-0.15, -0.1) is 0 Å². The molecule has 1 unspecified atom stereocenters. The number of esters is 1. The summed E-state index contributed by atoms with van der Waals surface area (Å²) < 4.78 is 29.6. The first-order valence-corrected chi connectivity index (χ1v) is 8.75. The van der Waals surface area contributed by atoms with Crippen LogP contribution in [0, 0.1) is 5.92 Å². The molecular formula is C13H26N2O5S. The van der Waals surface area contributed by atoms with Crippen molar-refractivity contribution in [1.82, 2.24) is 9.62 Å². The third kappa shape index (κ3) is 9.41. The summed E-state index contributed by atoms with van der Waals surface area (Å²) in [6, 6.07) is -0.775. The topological polar surface area (TPSA) is 92.8 Å². The van der Waals surface area contributed by atoms with Gasteiger partial charge in [-0.25, -0.2) is 13.1 Å². The first-order valence-electron chi connectivity index (χ1n) is 6.86. The monoisotopic (exact) mass is 322 g/mol. The summed E-state index contributed by atoms with van der Waals surface area (Å²) >= 11 is 0. The molecule has 0 aliphatic carbocycles. The van der Waals surface area contributed by atoms with E-state index in [-0.39, 0.29) is 24.2 Å². The molecule has 1 N–H and O–H groups in total. The second-order valence-electron chi connectivity index (χ2n) is 5.51. The Morgan fingerprint density at radius 2 is 1.86 bits per heavy atom. The lowest BCUT2D eigenvalue weighted by Gasteiger charge is -2.25. The molecule has 0 aromatic heterocycles. The van der Waals surface area contributed by atoms with E-state index in [9.17, 15) is 18.0 Å². The second kappa shape index (κ2) is 8.99. The van der Waals surface area contributed by atoms with Gasteiger partial charge in [0.25, 0.3) is 0 Å². The normalized spacial score (nSPS) is 13.0. The summed E-state index contributed by atoms with van der Waals surface area (Å²) in [4.78, 5) is 24.7. The molecule has 8 heteroatoms. The van der Waals surface area contributed by atoms with Gasteiger partial charge in [-0.2, -0.15) is 0 Å². The number of carbonyl (C=O) groups excluding carboxylic acids is 2. The van der Waals surface area contributed by atoms with Gasteiger partial charge in [-0.3, -0.25) is 9.59 Å². The van der Waals surface area contributed by atoms with Crippen molar-refractivity contribution < 1.29 is 22.7 Å². The zero-order valence-electron chi connectivity index (χ0n) is 13.4. The molecule has 7 nitrogen and oxygen atoms in total. The molecule has 0 radical (unpaired) electrons. The highest BCUT2D eigenvalue weighted by Gasteiger charge is 2.25. The summed E-state index contributed by atoms with van der Waals surface area (Å²) in [5, 5.41) is 0. The summed E-state index contributed by atoms with van der Waals surface area (Å²) in [6.45, 7) is 4.21. The average molecular weight is 322 g/mol. The van der Waals surface area contributed by atoms with Crippen LogP contribution in [0.3, 0.4) is 0 Å². The largest absolute Gasteiger partial charge is 0.469 e. The predicted octanol–water partition coefficient (Wildman–Crippen LogP) is 0.362. The highest BCUT2D eigenvalue weighted by Crippen LogP contribution is 2.09. The number of hydrogen-bond acceptors (Lipinski definition) is 5. The fourth-order valence-corrected chi connectivity index (χ4v) is 2.58. The number of nitrogens with zero attached hydrogens (tertiary/aromatic N) is 1. The van der Waals surface area contributed by atoms with Crippen molar-refractivity contribution in [2.75, 3.05) is 27.0 Å². The molecule has 21 heavy (non-hydrogen) atoms. The number of hydrogen-bond donors (Lipinski definition) is 1. The van der Waals surface area contributed by atoms with Gasteiger partial charge in [0.2, 0.25) is 15.9 Å². The summed E-state index contributed by atoms with van der Waals surface area (Å²) in [7, 11) is -0.551. The maximum atomic E-state index is 12.3. The molecule has 0 saturated heterocycles. The van der Waals surface area contributed by atoms with Gasteiger partial charge < -0.3 is 9.64 Å². The van der Waals surface area contributed by atoms with Crippen molar-refractivity contribution in [3.05, 3.63) is 0 Å². The lowest BCUT2D eigenvalue weighted by molar-refractivity contribution is -0.141. The SMILES string of the molecule is COC(=O)CCCN(C)C(=O)C(CC(C)C)NS(C)(=O)=O. The second-order valence-corrected chi connectivity index (χ2v) is 7.29. The first-order chi connectivity index (χ1) is 9.56. The van der Waals surface area contributed by atoms with Crippen LogP contribution in [0.15, 0.2) is 0 Å². The van der Waals surface area contributed by atoms with Crippen molar-refractivity contribution >= 4 is 21.9 Å². The minimum Gasteiger partial charge on any atom is -0.469 e. The van der Waals surface area contributed by atoms with Crippen molar-refractivity contribution in [2.45, 2.75) is 39.2 Å². The molecule has 124 valence electrons. The van der Waals surface area contributed by atoms with Crippen molar-refractivity contribution in [2.24, 2.45) is 5.92 Å². The average Bonchev–Trinajstić information content (AvgIpc) is 2.34. The Hall–Kier alpha value is -1.15. The molecule has 0 spiro atoms. The smallest absolute Gasteiger partial charge is 0.305 e. The minimum atomic E-state index is -3.46. The van der Waals surface area contributed by atoms with Crippen LogP contribution in [0.2, 0.25) is 0 Å². The number of nitrogens with one attached hydrogen (secondary N) is 1. The van der Waals surface area contributed by atoms with E-state index in [1.165, 1.54) is 12.0 Å². The molecule has 0 aromatic rings. The van der Waals surface area contributed by atoms with Crippen LogP contribution in [0.25, 0.3) is 0 Å². The predicted molar refractivity (Wildman–Crippen MR) is 80.1 cm³/mol. The van der Waals surface area contributed by atoms with E-state index in [1.807, 2.05) is 13.8 Å². The van der Waals surface area contributed by atoms with Gasteiger partial charge in [-0.05, 0) is 18.8 Å². The van der Waals surface area contributed by atoms with Gasteiger partial charge >= 0.3 is 5.97 Å². The number of sulfonamides is 1. The van der Waals surface area contributed by atoms with E-state index in [1.54, 1.807) is 7.05 Å². The molecule has 0 rings (SSSR count). The maximum absolute atomic E-state index is 12.3. The maximum Gasteiger partial charge on any atom is 0.305 e. The fraction of sp³-hybridized carbons (Fsp3) is 0.846. The van der Waals surface area contributed by atoms with Gasteiger partial charge in [-0.1, -0.05) is 13.8 Å². The third-order valence-corrected chi connectivity index (χ3v) is 3.55. The van der Waals surface area contributed by atoms with E-state index >= 15 is 0 Å². The van der Waals surface area contributed by atoms with E-state index < -0.39 is 16.1 Å². The number of likely N-dealkylation sites (N-methyl/N-ethyl adjacent to an activating group) is 1. The van der Waals surface area contributed by atoms with Gasteiger partial charge in [0, 0.05) is 20.0 Å². The molecule has 0 aliphatic rings. The molecule has 1 amide bonds. The van der Waals surface area contributed by atoms with Gasteiger partial charge in [0.1, 0.15) is 6.04 Å². The third-order valence-electron chi connectivity index (χ3n) is 2.84. The molecule has 1 atom stereocenters. The number of amides is 1. The van der Waals surface area contributed by atoms with E-state index in [4.69, 9.17) is 0 Å². The number of methoxy groups -OCH3 is 1. The quantitative estimate of drug-likeness (QED) is 0.619. The lowest BCUT2D eigenvalue weighted by atomic mass is 10.0. The molecule has 0 saturated carbocycles. The standard InChI is InChI=1S/C13H26N2O5S/c1-10(2)9-11(14-21(5,18)19)13(17)15(3)8-6-7-12(16)20-4/h10-11,14H,6-9H2,1-5H3. The van der Waals surface area contributed by atoms with E-state index in [0.717, 1.165) is 6.26 Å². The zero-order chi connectivity index (χ0) is 16.6. The summed E-state index contributed by atoms with van der Waals surface area (Å²) in [6.07, 6.45) is 2.16. The molecule has 0 aromatic carbocycles. The van der Waals surface area contributed by atoms with Crippen molar-refractivity contribution in [3.63, 3.8) is 0 Å². The van der Waals surface area contributed by atoms with Crippen molar-refractivity contribution in [1.29, 1.82) is 0 Å².